The van der Waals surface area contributed by atoms with Crippen molar-refractivity contribution in [2.75, 3.05) is 45.2 Å². The molecule has 2 rings (SSSR count). The third-order valence-electron chi connectivity index (χ3n) is 3.76. The minimum atomic E-state index is -0.233. The van der Waals surface area contributed by atoms with Crippen LogP contribution in [-0.2, 0) is 4.79 Å². The van der Waals surface area contributed by atoms with Crippen molar-refractivity contribution in [3.8, 4) is 5.75 Å². The second-order valence-corrected chi connectivity index (χ2v) is 6.04. The van der Waals surface area contributed by atoms with Gasteiger partial charge in [0.25, 0.3) is 0 Å². The Balaban J connectivity index is 1.85. The van der Waals surface area contributed by atoms with Crippen LogP contribution in [0.3, 0.4) is 0 Å². The number of ether oxygens (including phenoxy) is 1. The predicted molar refractivity (Wildman–Crippen MR) is 93.5 cm³/mol. The molecular formula is C17H26N4O3. The summed E-state index contributed by atoms with van der Waals surface area (Å²) < 4.78 is 5.41. The number of nitrogens with one attached hydrogen (secondary N) is 2. The van der Waals surface area contributed by atoms with Crippen molar-refractivity contribution in [3.05, 3.63) is 24.3 Å². The van der Waals surface area contributed by atoms with Crippen LogP contribution in [0.15, 0.2) is 24.3 Å². The fourth-order valence-electron chi connectivity index (χ4n) is 2.57. The molecule has 1 fully saturated rings. The summed E-state index contributed by atoms with van der Waals surface area (Å²) in [6, 6.07) is 7.01. The second kappa shape index (κ2) is 8.54. The lowest BCUT2D eigenvalue weighted by atomic mass is 10.2. The van der Waals surface area contributed by atoms with Crippen LogP contribution in [0.1, 0.15) is 13.3 Å². The maximum atomic E-state index is 12.2. The van der Waals surface area contributed by atoms with Crippen molar-refractivity contribution in [1.82, 2.24) is 15.5 Å². The molecule has 1 aromatic rings. The Hall–Kier alpha value is -2.28. The maximum absolute atomic E-state index is 12.2. The third kappa shape index (κ3) is 5.13. The zero-order valence-corrected chi connectivity index (χ0v) is 14.5. The van der Waals surface area contributed by atoms with Gasteiger partial charge in [-0.3, -0.25) is 4.79 Å². The first kappa shape index (κ1) is 18.1. The topological polar surface area (TPSA) is 73.9 Å². The number of benzene rings is 1. The van der Waals surface area contributed by atoms with Crippen LogP contribution in [0.4, 0.5) is 10.5 Å². The Morgan fingerprint density at radius 2 is 2.04 bits per heavy atom. The van der Waals surface area contributed by atoms with E-state index >= 15 is 0 Å². The summed E-state index contributed by atoms with van der Waals surface area (Å²) in [7, 11) is 3.90. The van der Waals surface area contributed by atoms with E-state index in [1.54, 1.807) is 4.90 Å². The zero-order chi connectivity index (χ0) is 17.5. The van der Waals surface area contributed by atoms with E-state index in [0.717, 1.165) is 18.0 Å². The molecule has 1 saturated heterocycles. The van der Waals surface area contributed by atoms with Gasteiger partial charge in [-0.2, -0.15) is 0 Å². The highest BCUT2D eigenvalue weighted by Crippen LogP contribution is 2.24. The molecule has 0 aliphatic carbocycles. The van der Waals surface area contributed by atoms with Crippen LogP contribution in [-0.4, -0.2) is 63.2 Å². The summed E-state index contributed by atoms with van der Waals surface area (Å²) in [6.07, 6.45) is 0.314. The van der Waals surface area contributed by atoms with Gasteiger partial charge in [0.05, 0.1) is 12.6 Å². The van der Waals surface area contributed by atoms with Crippen molar-refractivity contribution in [2.24, 2.45) is 0 Å². The number of carbonyl (C=O) groups is 2. The van der Waals surface area contributed by atoms with Gasteiger partial charge in [0.2, 0.25) is 5.91 Å². The lowest BCUT2D eigenvalue weighted by Crippen LogP contribution is -2.45. The summed E-state index contributed by atoms with van der Waals surface area (Å²) >= 11 is 0. The Kier molecular flexibility index (Phi) is 6.43. The van der Waals surface area contributed by atoms with E-state index < -0.39 is 0 Å². The second-order valence-electron chi connectivity index (χ2n) is 6.04. The molecule has 0 saturated carbocycles. The first-order valence-corrected chi connectivity index (χ1v) is 8.22. The number of urea groups is 1. The van der Waals surface area contributed by atoms with E-state index in [4.69, 9.17) is 4.74 Å². The third-order valence-corrected chi connectivity index (χ3v) is 3.76. The molecular weight excluding hydrogens is 308 g/mol. The molecule has 3 amide bonds. The van der Waals surface area contributed by atoms with E-state index in [1.165, 1.54) is 0 Å². The van der Waals surface area contributed by atoms with Gasteiger partial charge in [0.15, 0.2) is 0 Å². The number of likely N-dealkylation sites (N-methyl/N-ethyl adjacent to an activating group) is 1. The highest BCUT2D eigenvalue weighted by molar-refractivity contribution is 5.96. The number of rotatable bonds is 7. The molecule has 1 aromatic carbocycles. The molecule has 24 heavy (non-hydrogen) atoms. The zero-order valence-electron chi connectivity index (χ0n) is 14.5. The molecule has 2 N–H and O–H groups in total. The number of anilines is 1. The number of nitrogens with zero attached hydrogens (tertiary/aromatic N) is 2. The summed E-state index contributed by atoms with van der Waals surface area (Å²) in [5.74, 6) is 0.792. The number of hydrogen-bond donors (Lipinski definition) is 2. The number of carbonyl (C=O) groups excluding carboxylic acids is 2. The molecule has 7 heteroatoms. The molecule has 0 bridgehead atoms. The van der Waals surface area contributed by atoms with Crippen LogP contribution in [0, 0.1) is 0 Å². The Morgan fingerprint density at radius 1 is 1.33 bits per heavy atom. The summed E-state index contributed by atoms with van der Waals surface area (Å²) in [5.41, 5.74) is 0.820. The van der Waals surface area contributed by atoms with E-state index in [9.17, 15) is 9.59 Å². The maximum Gasteiger partial charge on any atom is 0.315 e. The van der Waals surface area contributed by atoms with Crippen LogP contribution < -0.4 is 20.3 Å². The molecule has 1 aliphatic heterocycles. The van der Waals surface area contributed by atoms with Gasteiger partial charge >= 0.3 is 6.03 Å². The standard InChI is InChI=1S/C17H26N4O3/c1-4-24-15-7-5-14(6-8-15)21-12-13(11-16(21)22)19-17(23)18-9-10-20(2)3/h5-8,13H,4,9-12H2,1-3H3,(H2,18,19,23). The van der Waals surface area contributed by atoms with Crippen LogP contribution in [0.2, 0.25) is 0 Å². The van der Waals surface area contributed by atoms with E-state index in [1.807, 2.05) is 50.2 Å². The Morgan fingerprint density at radius 3 is 2.67 bits per heavy atom. The quantitative estimate of drug-likeness (QED) is 0.782. The minimum Gasteiger partial charge on any atom is -0.494 e. The van der Waals surface area contributed by atoms with Crippen molar-refractivity contribution in [3.63, 3.8) is 0 Å². The first-order chi connectivity index (χ1) is 11.5. The highest BCUT2D eigenvalue weighted by Gasteiger charge is 2.31. The van der Waals surface area contributed by atoms with Crippen molar-refractivity contribution >= 4 is 17.6 Å². The smallest absolute Gasteiger partial charge is 0.315 e. The minimum absolute atomic E-state index is 0.0118. The van der Waals surface area contributed by atoms with Crippen LogP contribution in [0.25, 0.3) is 0 Å². The first-order valence-electron chi connectivity index (χ1n) is 8.22. The molecule has 1 aliphatic rings. The molecule has 7 nitrogen and oxygen atoms in total. The molecule has 1 atom stereocenters. The van der Waals surface area contributed by atoms with Gasteiger partial charge < -0.3 is 25.2 Å². The van der Waals surface area contributed by atoms with Crippen molar-refractivity contribution in [1.29, 1.82) is 0 Å². The fraction of sp³-hybridized carbons (Fsp3) is 0.529. The Labute approximate surface area is 142 Å². The summed E-state index contributed by atoms with van der Waals surface area (Å²) in [5, 5.41) is 5.65. The average Bonchev–Trinajstić information content (AvgIpc) is 2.88. The van der Waals surface area contributed by atoms with Gasteiger partial charge in [0.1, 0.15) is 5.75 Å². The van der Waals surface area contributed by atoms with Gasteiger partial charge in [-0.25, -0.2) is 4.79 Å². The summed E-state index contributed by atoms with van der Waals surface area (Å²) in [4.78, 5) is 27.7. The van der Waals surface area contributed by atoms with E-state index in [0.29, 0.717) is 26.1 Å². The lowest BCUT2D eigenvalue weighted by molar-refractivity contribution is -0.117. The largest absolute Gasteiger partial charge is 0.494 e. The van der Waals surface area contributed by atoms with Crippen molar-refractivity contribution in [2.45, 2.75) is 19.4 Å². The fourth-order valence-corrected chi connectivity index (χ4v) is 2.57. The van der Waals surface area contributed by atoms with Gasteiger partial charge in [-0.15, -0.1) is 0 Å². The SMILES string of the molecule is CCOc1ccc(N2CC(NC(=O)NCCN(C)C)CC2=O)cc1. The summed E-state index contributed by atoms with van der Waals surface area (Å²) in [6.45, 7) is 4.36. The van der Waals surface area contributed by atoms with Crippen LogP contribution >= 0.6 is 0 Å². The molecule has 1 unspecified atom stereocenters. The lowest BCUT2D eigenvalue weighted by Gasteiger charge is -2.18. The predicted octanol–water partition coefficient (Wildman–Crippen LogP) is 1.05. The van der Waals surface area contributed by atoms with Crippen LogP contribution in [0.5, 0.6) is 5.75 Å². The average molecular weight is 334 g/mol. The van der Waals surface area contributed by atoms with Gasteiger partial charge in [-0.1, -0.05) is 0 Å². The molecule has 132 valence electrons. The Bertz CT molecular complexity index is 559. The monoisotopic (exact) mass is 334 g/mol. The van der Waals surface area contributed by atoms with E-state index in [2.05, 4.69) is 10.6 Å². The number of hydrogen-bond acceptors (Lipinski definition) is 4. The van der Waals surface area contributed by atoms with Crippen molar-refractivity contribution < 1.29 is 14.3 Å². The molecule has 0 radical (unpaired) electrons. The van der Waals surface area contributed by atoms with Gasteiger partial charge in [-0.05, 0) is 45.3 Å². The molecule has 0 aromatic heterocycles. The molecule has 0 spiro atoms. The number of amides is 3. The van der Waals surface area contributed by atoms with Gasteiger partial charge in [0, 0.05) is 31.7 Å². The molecule has 1 heterocycles. The van der Waals surface area contributed by atoms with E-state index in [-0.39, 0.29) is 18.0 Å². The normalized spacial score (nSPS) is 17.2. The highest BCUT2D eigenvalue weighted by atomic mass is 16.5.